The van der Waals surface area contributed by atoms with Crippen LogP contribution in [0.25, 0.3) is 5.70 Å². The van der Waals surface area contributed by atoms with Crippen LogP contribution in [0.2, 0.25) is 0 Å². The number of para-hydroxylation sites is 1. The minimum absolute atomic E-state index is 0.133. The van der Waals surface area contributed by atoms with Gasteiger partial charge in [0.05, 0.1) is 24.4 Å². The van der Waals surface area contributed by atoms with Crippen LogP contribution < -0.4 is 14.9 Å². The zero-order valence-electron chi connectivity index (χ0n) is 17.2. The van der Waals surface area contributed by atoms with Crippen molar-refractivity contribution in [1.29, 1.82) is 0 Å². The Kier molecular flexibility index (Phi) is 5.71. The van der Waals surface area contributed by atoms with Crippen LogP contribution in [0.1, 0.15) is 34.5 Å². The van der Waals surface area contributed by atoms with Crippen LogP contribution in [-0.4, -0.2) is 24.0 Å². The lowest BCUT2D eigenvalue weighted by atomic mass is 10.0. The van der Waals surface area contributed by atoms with Gasteiger partial charge in [-0.05, 0) is 48.0 Å². The van der Waals surface area contributed by atoms with E-state index in [0.717, 1.165) is 11.3 Å². The molecule has 3 aromatic rings. The molecule has 6 heteroatoms. The van der Waals surface area contributed by atoms with Crippen molar-refractivity contribution >= 4 is 17.6 Å². The Bertz CT molecular complexity index is 1120. The van der Waals surface area contributed by atoms with Crippen molar-refractivity contribution in [2.75, 3.05) is 7.11 Å². The quantitative estimate of drug-likeness (QED) is 0.496. The minimum Gasteiger partial charge on any atom is -0.497 e. The number of ether oxygens (including phenoxy) is 2. The van der Waals surface area contributed by atoms with E-state index in [4.69, 9.17) is 9.47 Å². The topological polar surface area (TPSA) is 67.9 Å². The second-order valence-electron chi connectivity index (χ2n) is 7.05. The van der Waals surface area contributed by atoms with Gasteiger partial charge in [0, 0.05) is 12.5 Å². The zero-order chi connectivity index (χ0) is 21.8. The van der Waals surface area contributed by atoms with Crippen LogP contribution in [0.4, 0.5) is 0 Å². The molecule has 6 nitrogen and oxygen atoms in total. The Morgan fingerprint density at radius 2 is 1.58 bits per heavy atom. The molecule has 0 bridgehead atoms. The van der Waals surface area contributed by atoms with Crippen LogP contribution >= 0.6 is 0 Å². The summed E-state index contributed by atoms with van der Waals surface area (Å²) >= 11 is 0. The third-order valence-electron chi connectivity index (χ3n) is 5.03. The Morgan fingerprint density at radius 3 is 2.26 bits per heavy atom. The molecule has 1 N–H and O–H groups in total. The van der Waals surface area contributed by atoms with Gasteiger partial charge >= 0.3 is 5.97 Å². The Labute approximate surface area is 180 Å². The molecule has 1 aliphatic heterocycles. The number of methoxy groups -OCH3 is 1. The molecule has 3 aromatic carbocycles. The lowest BCUT2D eigenvalue weighted by molar-refractivity contribution is -0.132. The lowest BCUT2D eigenvalue weighted by Crippen LogP contribution is -2.37. The minimum atomic E-state index is -0.443. The number of carbonyl (C=O) groups is 2. The van der Waals surface area contributed by atoms with Gasteiger partial charge in [-0.1, -0.05) is 42.5 Å². The number of nitrogens with zero attached hydrogens (tertiary/aromatic N) is 1. The van der Waals surface area contributed by atoms with Crippen LogP contribution in [-0.2, 0) is 4.79 Å². The molecule has 156 valence electrons. The van der Waals surface area contributed by atoms with Crippen molar-refractivity contribution in [3.63, 3.8) is 0 Å². The average molecular weight is 414 g/mol. The first-order chi connectivity index (χ1) is 15.1. The molecule has 0 saturated carbocycles. The maximum absolute atomic E-state index is 12.6. The highest BCUT2D eigenvalue weighted by molar-refractivity contribution is 5.92. The second-order valence-corrected chi connectivity index (χ2v) is 7.05. The van der Waals surface area contributed by atoms with Crippen molar-refractivity contribution in [2.45, 2.75) is 13.0 Å². The van der Waals surface area contributed by atoms with E-state index in [0.29, 0.717) is 22.6 Å². The molecule has 0 saturated heterocycles. The third kappa shape index (κ3) is 4.28. The molecule has 0 aliphatic carbocycles. The van der Waals surface area contributed by atoms with Gasteiger partial charge in [0.15, 0.2) is 0 Å². The number of amides is 1. The maximum atomic E-state index is 12.6. The van der Waals surface area contributed by atoms with Crippen molar-refractivity contribution < 1.29 is 19.1 Å². The highest BCUT2D eigenvalue weighted by Gasteiger charge is 2.30. The van der Waals surface area contributed by atoms with Crippen LogP contribution in [0.15, 0.2) is 84.9 Å². The summed E-state index contributed by atoms with van der Waals surface area (Å²) in [6.45, 7) is 1.50. The first-order valence-electron chi connectivity index (χ1n) is 9.85. The van der Waals surface area contributed by atoms with Crippen molar-refractivity contribution in [3.05, 3.63) is 102 Å². The van der Waals surface area contributed by atoms with E-state index >= 15 is 0 Å². The van der Waals surface area contributed by atoms with E-state index in [9.17, 15) is 9.59 Å². The SMILES string of the molecule is COc1ccc([C@H]2C=C(c3ccccc3OC(=O)c3ccccc3)NN2C(C)=O)cc1. The Hall–Kier alpha value is -4.06. The zero-order valence-corrected chi connectivity index (χ0v) is 17.2. The van der Waals surface area contributed by atoms with Gasteiger partial charge in [-0.2, -0.15) is 0 Å². The summed E-state index contributed by atoms with van der Waals surface area (Å²) < 4.78 is 10.9. The highest BCUT2D eigenvalue weighted by Crippen LogP contribution is 2.35. The number of hydrogen-bond donors (Lipinski definition) is 1. The predicted molar refractivity (Wildman–Crippen MR) is 117 cm³/mol. The van der Waals surface area contributed by atoms with E-state index in [1.165, 1.54) is 6.92 Å². The van der Waals surface area contributed by atoms with Crippen molar-refractivity contribution in [3.8, 4) is 11.5 Å². The van der Waals surface area contributed by atoms with Gasteiger partial charge in [-0.15, -0.1) is 0 Å². The van der Waals surface area contributed by atoms with Gasteiger partial charge in [-0.3, -0.25) is 10.2 Å². The molecular formula is C25H22N2O4. The number of carbonyl (C=O) groups excluding carboxylic acids is 2. The molecule has 1 amide bonds. The summed E-state index contributed by atoms with van der Waals surface area (Å²) in [7, 11) is 1.61. The van der Waals surface area contributed by atoms with E-state index in [2.05, 4.69) is 5.43 Å². The first-order valence-corrected chi connectivity index (χ1v) is 9.85. The molecular weight excluding hydrogens is 392 g/mol. The third-order valence-corrected chi connectivity index (χ3v) is 5.03. The van der Waals surface area contributed by atoms with Gasteiger partial charge in [0.1, 0.15) is 11.5 Å². The fourth-order valence-corrected chi connectivity index (χ4v) is 3.45. The van der Waals surface area contributed by atoms with Crippen LogP contribution in [0.3, 0.4) is 0 Å². The lowest BCUT2D eigenvalue weighted by Gasteiger charge is -2.24. The molecule has 0 radical (unpaired) electrons. The fourth-order valence-electron chi connectivity index (χ4n) is 3.45. The molecule has 0 fully saturated rings. The number of hydrogen-bond acceptors (Lipinski definition) is 5. The van der Waals surface area contributed by atoms with Crippen molar-refractivity contribution in [2.24, 2.45) is 0 Å². The van der Waals surface area contributed by atoms with Gasteiger partial charge < -0.3 is 9.47 Å². The predicted octanol–water partition coefficient (Wildman–Crippen LogP) is 4.36. The summed E-state index contributed by atoms with van der Waals surface area (Å²) in [6.07, 6.45) is 1.94. The fraction of sp³-hybridized carbons (Fsp3) is 0.120. The summed E-state index contributed by atoms with van der Waals surface area (Å²) in [6, 6.07) is 23.3. The maximum Gasteiger partial charge on any atom is 0.343 e. The standard InChI is InChI=1S/C25H22N2O4/c1-17(28)27-23(18-12-14-20(30-2)15-13-18)16-22(26-27)21-10-6-7-11-24(21)31-25(29)19-8-4-3-5-9-19/h3-16,23,26H,1-2H3/t23-/m1/s1. The molecule has 1 aliphatic rings. The highest BCUT2D eigenvalue weighted by atomic mass is 16.5. The van der Waals surface area contributed by atoms with Gasteiger partial charge in [0.2, 0.25) is 5.91 Å². The number of rotatable bonds is 5. The smallest absolute Gasteiger partial charge is 0.343 e. The largest absolute Gasteiger partial charge is 0.497 e. The van der Waals surface area contributed by atoms with E-state index < -0.39 is 5.97 Å². The second kappa shape index (κ2) is 8.75. The number of benzene rings is 3. The molecule has 4 rings (SSSR count). The normalized spacial score (nSPS) is 15.1. The van der Waals surface area contributed by atoms with E-state index in [1.54, 1.807) is 48.5 Å². The van der Waals surface area contributed by atoms with Gasteiger partial charge in [-0.25, -0.2) is 9.80 Å². The summed E-state index contributed by atoms with van der Waals surface area (Å²) in [5.74, 6) is 0.577. The molecule has 1 heterocycles. The number of nitrogens with one attached hydrogen (secondary N) is 1. The number of hydrazine groups is 1. The molecule has 0 aromatic heterocycles. The molecule has 1 atom stereocenters. The van der Waals surface area contributed by atoms with Gasteiger partial charge in [0.25, 0.3) is 0 Å². The summed E-state index contributed by atoms with van der Waals surface area (Å²) in [5.41, 5.74) is 5.93. The van der Waals surface area contributed by atoms with E-state index in [1.807, 2.05) is 48.5 Å². The van der Waals surface area contributed by atoms with Crippen molar-refractivity contribution in [1.82, 2.24) is 10.4 Å². The summed E-state index contributed by atoms with van der Waals surface area (Å²) in [4.78, 5) is 24.9. The Balaban J connectivity index is 1.65. The van der Waals surface area contributed by atoms with Crippen LogP contribution in [0, 0.1) is 0 Å². The van der Waals surface area contributed by atoms with E-state index in [-0.39, 0.29) is 11.9 Å². The monoisotopic (exact) mass is 414 g/mol. The number of esters is 1. The molecule has 0 unspecified atom stereocenters. The Morgan fingerprint density at radius 1 is 0.903 bits per heavy atom. The first kappa shape index (κ1) is 20.2. The van der Waals surface area contributed by atoms with Crippen LogP contribution in [0.5, 0.6) is 11.5 Å². The molecule has 31 heavy (non-hydrogen) atoms. The molecule has 0 spiro atoms. The average Bonchev–Trinajstić information content (AvgIpc) is 3.26. The summed E-state index contributed by atoms with van der Waals surface area (Å²) in [5, 5.41) is 1.55.